The second-order valence-corrected chi connectivity index (χ2v) is 14.4. The van der Waals surface area contributed by atoms with Crippen LogP contribution in [0.25, 0.3) is 0 Å². The predicted molar refractivity (Wildman–Crippen MR) is 138 cm³/mol. The summed E-state index contributed by atoms with van der Waals surface area (Å²) < 4.78 is 0. The van der Waals surface area contributed by atoms with Crippen molar-refractivity contribution < 1.29 is 25.2 Å². The maximum Gasteiger partial charge on any atom is 0.310 e. The summed E-state index contributed by atoms with van der Waals surface area (Å²) in [7, 11) is 0. The summed E-state index contributed by atoms with van der Waals surface area (Å²) in [5.41, 5.74) is -1.03. The molecule has 3 fully saturated rings. The fraction of sp³-hybridized carbons (Fsp3) is 0.900. The van der Waals surface area contributed by atoms with E-state index in [0.29, 0.717) is 12.3 Å². The zero-order valence-corrected chi connectivity index (χ0v) is 23.1. The van der Waals surface area contributed by atoms with Crippen molar-refractivity contribution in [3.05, 3.63) is 11.6 Å². The Morgan fingerprint density at radius 3 is 2.34 bits per heavy atom. The fourth-order valence-corrected chi connectivity index (χ4v) is 9.78. The highest BCUT2D eigenvalue weighted by atomic mass is 16.4. The quantitative estimate of drug-likeness (QED) is 0.365. The largest absolute Gasteiger partial charge is 0.481 e. The monoisotopic (exact) mass is 490 g/mol. The number of carboxylic acid groups (broad SMARTS) is 1. The molecule has 0 spiro atoms. The maximum absolute atomic E-state index is 13.3. The van der Waals surface area contributed by atoms with Crippen molar-refractivity contribution in [2.75, 3.05) is 0 Å². The molecule has 200 valence electrons. The molecule has 9 unspecified atom stereocenters. The van der Waals surface area contributed by atoms with Crippen LogP contribution in [0, 0.1) is 45.3 Å². The summed E-state index contributed by atoms with van der Waals surface area (Å²) in [6.45, 7) is 14.5. The average Bonchev–Trinajstić information content (AvgIpc) is 3.08. The van der Waals surface area contributed by atoms with Crippen molar-refractivity contribution in [2.45, 2.75) is 124 Å². The van der Waals surface area contributed by atoms with Gasteiger partial charge in [0.1, 0.15) is 0 Å². The van der Waals surface area contributed by atoms with Gasteiger partial charge in [0.2, 0.25) is 0 Å². The number of fused-ring (bicyclic) bond motifs is 5. The molecule has 5 heteroatoms. The topological polar surface area (TPSA) is 98.0 Å². The minimum Gasteiger partial charge on any atom is -0.481 e. The van der Waals surface area contributed by atoms with Crippen molar-refractivity contribution in [1.82, 2.24) is 0 Å². The van der Waals surface area contributed by atoms with E-state index >= 15 is 0 Å². The lowest BCUT2D eigenvalue weighted by Crippen LogP contribution is -2.60. The Hall–Kier alpha value is -0.910. The van der Waals surface area contributed by atoms with Gasteiger partial charge in [0.15, 0.2) is 0 Å². The predicted octanol–water partition coefficient (Wildman–Crippen LogP) is 5.57. The third kappa shape index (κ3) is 3.77. The smallest absolute Gasteiger partial charge is 0.310 e. The van der Waals surface area contributed by atoms with E-state index in [9.17, 15) is 25.2 Å². The van der Waals surface area contributed by atoms with Crippen LogP contribution in [-0.4, -0.2) is 44.2 Å². The van der Waals surface area contributed by atoms with Crippen molar-refractivity contribution in [2.24, 2.45) is 45.3 Å². The molecule has 5 nitrogen and oxygen atoms in total. The number of carbonyl (C=O) groups is 1. The summed E-state index contributed by atoms with van der Waals surface area (Å²) >= 11 is 0. The minimum absolute atomic E-state index is 0.0457. The molecule has 4 N–H and O–H groups in total. The SMILES string of the molecule is CC(CCC(O)C(C)(C)O)C1CCC2(C(=O)O)C3CCC4C(C)(CCC(O)C4(C)C)C3=CCC12C. The number of carboxylic acids is 1. The summed E-state index contributed by atoms with van der Waals surface area (Å²) in [5.74, 6) is 0.365. The second-order valence-electron chi connectivity index (χ2n) is 14.4. The first kappa shape index (κ1) is 27.1. The summed E-state index contributed by atoms with van der Waals surface area (Å²) in [5, 5.41) is 42.3. The molecule has 4 aliphatic carbocycles. The highest BCUT2D eigenvalue weighted by Crippen LogP contribution is 2.73. The Bertz CT molecular complexity index is 870. The average molecular weight is 491 g/mol. The van der Waals surface area contributed by atoms with Gasteiger partial charge in [0.05, 0.1) is 23.2 Å². The molecule has 9 atom stereocenters. The lowest BCUT2D eigenvalue weighted by molar-refractivity contribution is -0.171. The van der Waals surface area contributed by atoms with Gasteiger partial charge in [-0.15, -0.1) is 0 Å². The molecule has 0 saturated heterocycles. The van der Waals surface area contributed by atoms with Gasteiger partial charge in [0.25, 0.3) is 0 Å². The van der Waals surface area contributed by atoms with Gasteiger partial charge in [-0.05, 0) is 112 Å². The van der Waals surface area contributed by atoms with E-state index in [2.05, 4.69) is 40.7 Å². The number of hydrogen-bond acceptors (Lipinski definition) is 4. The van der Waals surface area contributed by atoms with E-state index in [0.717, 1.165) is 51.4 Å². The van der Waals surface area contributed by atoms with Crippen molar-refractivity contribution in [1.29, 1.82) is 0 Å². The van der Waals surface area contributed by atoms with Gasteiger partial charge in [-0.3, -0.25) is 4.79 Å². The van der Waals surface area contributed by atoms with Gasteiger partial charge in [-0.2, -0.15) is 0 Å². The number of aliphatic carboxylic acids is 1. The Morgan fingerprint density at radius 2 is 1.74 bits per heavy atom. The summed E-state index contributed by atoms with van der Waals surface area (Å²) in [4.78, 5) is 13.3. The number of aliphatic hydroxyl groups is 3. The minimum atomic E-state index is -1.12. The molecule has 0 heterocycles. The van der Waals surface area contributed by atoms with Crippen molar-refractivity contribution >= 4 is 5.97 Å². The Kier molecular flexibility index (Phi) is 6.64. The maximum atomic E-state index is 13.3. The molecule has 35 heavy (non-hydrogen) atoms. The van der Waals surface area contributed by atoms with Crippen LogP contribution >= 0.6 is 0 Å². The molecule has 0 aromatic rings. The summed E-state index contributed by atoms with van der Waals surface area (Å²) in [6, 6.07) is 0. The molecule has 0 amide bonds. The first-order valence-corrected chi connectivity index (χ1v) is 14.1. The Balaban J connectivity index is 1.67. The highest BCUT2D eigenvalue weighted by Gasteiger charge is 2.70. The van der Waals surface area contributed by atoms with Crippen LogP contribution in [0.4, 0.5) is 0 Å². The number of allylic oxidation sites excluding steroid dienone is 2. The summed E-state index contributed by atoms with van der Waals surface area (Å²) in [6.07, 6.45) is 8.68. The standard InChI is InChI=1S/C30H50O5/c1-18(8-11-24(32)27(4,5)35)19-13-17-30(25(33)34)21-9-10-22-26(2,3)23(31)14-15-28(22,6)20(21)12-16-29(19,30)7/h12,18-19,21-24,31-32,35H,8-11,13-17H2,1-7H3,(H,33,34). The van der Waals surface area contributed by atoms with E-state index in [-0.39, 0.29) is 40.1 Å². The number of hydrogen-bond donors (Lipinski definition) is 4. The van der Waals surface area contributed by atoms with Gasteiger partial charge in [0, 0.05) is 0 Å². The van der Waals surface area contributed by atoms with E-state index in [1.807, 2.05) is 0 Å². The van der Waals surface area contributed by atoms with Crippen LogP contribution in [0.2, 0.25) is 0 Å². The molecule has 0 aliphatic heterocycles. The van der Waals surface area contributed by atoms with Crippen LogP contribution in [0.5, 0.6) is 0 Å². The third-order valence-corrected chi connectivity index (χ3v) is 12.0. The molecule has 3 saturated carbocycles. The van der Waals surface area contributed by atoms with Crippen LogP contribution in [0.1, 0.15) is 106 Å². The Labute approximate surface area is 212 Å². The Morgan fingerprint density at radius 1 is 1.09 bits per heavy atom. The molecule has 4 aliphatic rings. The van der Waals surface area contributed by atoms with E-state index < -0.39 is 23.1 Å². The molecular weight excluding hydrogens is 440 g/mol. The van der Waals surface area contributed by atoms with Gasteiger partial charge >= 0.3 is 5.97 Å². The first-order valence-electron chi connectivity index (χ1n) is 14.1. The third-order valence-electron chi connectivity index (χ3n) is 12.0. The van der Waals surface area contributed by atoms with Gasteiger partial charge in [-0.25, -0.2) is 0 Å². The first-order chi connectivity index (χ1) is 16.0. The molecule has 0 aromatic carbocycles. The number of rotatable bonds is 6. The van der Waals surface area contributed by atoms with Gasteiger partial charge in [-0.1, -0.05) is 46.3 Å². The van der Waals surface area contributed by atoms with E-state index in [1.165, 1.54) is 5.57 Å². The lowest BCUT2D eigenvalue weighted by Gasteiger charge is -2.63. The normalized spacial score (nSPS) is 44.5. The van der Waals surface area contributed by atoms with E-state index in [4.69, 9.17) is 0 Å². The fourth-order valence-electron chi connectivity index (χ4n) is 9.78. The molecular formula is C30H50O5. The molecule has 0 aromatic heterocycles. The van der Waals surface area contributed by atoms with Crippen LogP contribution in [0.3, 0.4) is 0 Å². The molecule has 0 radical (unpaired) electrons. The van der Waals surface area contributed by atoms with Crippen molar-refractivity contribution in [3.63, 3.8) is 0 Å². The zero-order valence-electron chi connectivity index (χ0n) is 23.1. The van der Waals surface area contributed by atoms with Crippen LogP contribution < -0.4 is 0 Å². The van der Waals surface area contributed by atoms with Crippen LogP contribution in [0.15, 0.2) is 11.6 Å². The zero-order chi connectivity index (χ0) is 26.2. The lowest BCUT2D eigenvalue weighted by atomic mass is 9.40. The second kappa shape index (κ2) is 8.56. The van der Waals surface area contributed by atoms with Crippen LogP contribution in [-0.2, 0) is 4.79 Å². The highest BCUT2D eigenvalue weighted by molar-refractivity contribution is 5.78. The molecule has 0 bridgehead atoms. The van der Waals surface area contributed by atoms with Crippen molar-refractivity contribution in [3.8, 4) is 0 Å². The van der Waals surface area contributed by atoms with E-state index in [1.54, 1.807) is 13.8 Å². The van der Waals surface area contributed by atoms with Gasteiger partial charge < -0.3 is 20.4 Å². The number of aliphatic hydroxyl groups excluding tert-OH is 2. The molecule has 4 rings (SSSR count).